The van der Waals surface area contributed by atoms with Crippen LogP contribution in [0, 0.1) is 0 Å². The topological polar surface area (TPSA) is 61.4 Å². The predicted molar refractivity (Wildman–Crippen MR) is 86.2 cm³/mol. The largest absolute Gasteiger partial charge is 0.351 e. The van der Waals surface area contributed by atoms with E-state index < -0.39 is 0 Å². The number of nitrogens with one attached hydrogen (secondary N) is 2. The van der Waals surface area contributed by atoms with E-state index in [1.54, 1.807) is 11.3 Å². The van der Waals surface area contributed by atoms with Crippen molar-refractivity contribution in [2.24, 2.45) is 0 Å². The van der Waals surface area contributed by atoms with Gasteiger partial charge in [-0.05, 0) is 45.3 Å². The number of hydrogen-bond acceptors (Lipinski definition) is 4. The van der Waals surface area contributed by atoms with Crippen LogP contribution in [0.2, 0.25) is 0 Å². The number of carbonyl (C=O) groups excluding carboxylic acids is 2. The van der Waals surface area contributed by atoms with Crippen molar-refractivity contribution in [3.8, 4) is 0 Å². The third-order valence-corrected chi connectivity index (χ3v) is 4.74. The smallest absolute Gasteiger partial charge is 0.254 e. The van der Waals surface area contributed by atoms with Gasteiger partial charge in [-0.25, -0.2) is 0 Å². The van der Waals surface area contributed by atoms with Gasteiger partial charge < -0.3 is 15.5 Å². The number of anilines is 1. The molecule has 0 radical (unpaired) electrons. The standard InChI is InChI=1S/C15H23N3O2S/c1-10(19)17-15-13(14(20)16-8-9-18(2)3)11-6-4-5-7-12(11)21-15/h4-9H2,1-3H3,(H,16,20)(H,17,19). The SMILES string of the molecule is CC(=O)Nc1sc2c(c1C(=O)NCCN(C)C)CCCC2. The van der Waals surface area contributed by atoms with Crippen molar-refractivity contribution >= 4 is 28.2 Å². The van der Waals surface area contributed by atoms with Crippen LogP contribution in [0.25, 0.3) is 0 Å². The quantitative estimate of drug-likeness (QED) is 0.873. The second kappa shape index (κ2) is 7.04. The summed E-state index contributed by atoms with van der Waals surface area (Å²) in [5, 5.41) is 6.48. The molecular weight excluding hydrogens is 286 g/mol. The average Bonchev–Trinajstić information content (AvgIpc) is 2.74. The van der Waals surface area contributed by atoms with E-state index in [0.29, 0.717) is 17.1 Å². The maximum Gasteiger partial charge on any atom is 0.254 e. The first-order chi connectivity index (χ1) is 9.99. The number of hydrogen-bond donors (Lipinski definition) is 2. The van der Waals surface area contributed by atoms with Crippen LogP contribution in [0.3, 0.4) is 0 Å². The first kappa shape index (κ1) is 16.0. The van der Waals surface area contributed by atoms with Crippen molar-refractivity contribution in [1.29, 1.82) is 0 Å². The molecule has 1 heterocycles. The fraction of sp³-hybridized carbons (Fsp3) is 0.600. The lowest BCUT2D eigenvalue weighted by molar-refractivity contribution is -0.114. The highest BCUT2D eigenvalue weighted by atomic mass is 32.1. The lowest BCUT2D eigenvalue weighted by atomic mass is 9.95. The minimum Gasteiger partial charge on any atom is -0.351 e. The zero-order valence-corrected chi connectivity index (χ0v) is 13.7. The van der Waals surface area contributed by atoms with Crippen molar-refractivity contribution in [2.75, 3.05) is 32.5 Å². The Kier molecular flexibility index (Phi) is 5.36. The van der Waals surface area contributed by atoms with Gasteiger partial charge in [-0.15, -0.1) is 11.3 Å². The number of carbonyl (C=O) groups is 2. The summed E-state index contributed by atoms with van der Waals surface area (Å²) < 4.78 is 0. The van der Waals surface area contributed by atoms with Gasteiger partial charge in [0.05, 0.1) is 5.56 Å². The highest BCUT2D eigenvalue weighted by Crippen LogP contribution is 2.38. The Labute approximate surface area is 129 Å². The Morgan fingerprint density at radius 1 is 1.24 bits per heavy atom. The fourth-order valence-electron chi connectivity index (χ4n) is 2.54. The van der Waals surface area contributed by atoms with Crippen LogP contribution in [0.5, 0.6) is 0 Å². The van der Waals surface area contributed by atoms with Gasteiger partial charge in [-0.3, -0.25) is 9.59 Å². The lowest BCUT2D eigenvalue weighted by Gasteiger charge is -2.14. The van der Waals surface area contributed by atoms with E-state index in [4.69, 9.17) is 0 Å². The molecule has 1 aliphatic rings. The third-order valence-electron chi connectivity index (χ3n) is 3.53. The Hall–Kier alpha value is -1.40. The minimum atomic E-state index is -0.129. The molecule has 0 bridgehead atoms. The zero-order valence-electron chi connectivity index (χ0n) is 12.9. The van der Waals surface area contributed by atoms with Crippen LogP contribution in [0.1, 0.15) is 40.6 Å². The minimum absolute atomic E-state index is 0.0694. The Morgan fingerprint density at radius 2 is 1.95 bits per heavy atom. The van der Waals surface area contributed by atoms with Crippen molar-refractivity contribution in [2.45, 2.75) is 32.6 Å². The van der Waals surface area contributed by atoms with Crippen LogP contribution in [-0.2, 0) is 17.6 Å². The van der Waals surface area contributed by atoms with Crippen LogP contribution in [0.15, 0.2) is 0 Å². The molecule has 2 amide bonds. The van der Waals surface area contributed by atoms with Gasteiger partial charge >= 0.3 is 0 Å². The first-order valence-corrected chi connectivity index (χ1v) is 8.15. The van der Waals surface area contributed by atoms with Crippen LogP contribution < -0.4 is 10.6 Å². The molecule has 5 nitrogen and oxygen atoms in total. The zero-order chi connectivity index (χ0) is 15.4. The predicted octanol–water partition coefficient (Wildman–Crippen LogP) is 1.88. The summed E-state index contributed by atoms with van der Waals surface area (Å²) in [5.74, 6) is -0.198. The summed E-state index contributed by atoms with van der Waals surface area (Å²) in [6.07, 6.45) is 4.22. The van der Waals surface area contributed by atoms with Crippen LogP contribution >= 0.6 is 11.3 Å². The van der Waals surface area contributed by atoms with E-state index in [1.807, 2.05) is 19.0 Å². The molecule has 6 heteroatoms. The highest BCUT2D eigenvalue weighted by Gasteiger charge is 2.25. The molecular formula is C15H23N3O2S. The van der Waals surface area contributed by atoms with Crippen molar-refractivity contribution < 1.29 is 9.59 Å². The Morgan fingerprint density at radius 3 is 2.62 bits per heavy atom. The average molecular weight is 309 g/mol. The van der Waals surface area contributed by atoms with Crippen LogP contribution in [0.4, 0.5) is 5.00 Å². The van der Waals surface area contributed by atoms with Gasteiger partial charge in [0.25, 0.3) is 5.91 Å². The molecule has 1 aromatic rings. The molecule has 0 fully saturated rings. The normalized spacial score (nSPS) is 13.9. The molecule has 0 atom stereocenters. The van der Waals surface area contributed by atoms with E-state index in [-0.39, 0.29) is 11.8 Å². The van der Waals surface area contributed by atoms with Gasteiger partial charge in [-0.2, -0.15) is 0 Å². The molecule has 2 N–H and O–H groups in total. The Bertz CT molecular complexity index is 537. The Balaban J connectivity index is 2.20. The van der Waals surface area contributed by atoms with Crippen LogP contribution in [-0.4, -0.2) is 43.9 Å². The monoisotopic (exact) mass is 309 g/mol. The van der Waals surface area contributed by atoms with E-state index in [1.165, 1.54) is 11.8 Å². The van der Waals surface area contributed by atoms with E-state index >= 15 is 0 Å². The second-order valence-electron chi connectivity index (χ2n) is 5.66. The number of likely N-dealkylation sites (N-methyl/N-ethyl adjacent to an activating group) is 1. The molecule has 0 saturated carbocycles. The fourth-order valence-corrected chi connectivity index (χ4v) is 3.87. The van der Waals surface area contributed by atoms with Gasteiger partial charge in [0.2, 0.25) is 5.91 Å². The van der Waals surface area contributed by atoms with E-state index in [0.717, 1.165) is 37.8 Å². The summed E-state index contributed by atoms with van der Waals surface area (Å²) in [5.41, 5.74) is 1.82. The van der Waals surface area contributed by atoms with Gasteiger partial charge in [0.15, 0.2) is 0 Å². The molecule has 0 unspecified atom stereocenters. The summed E-state index contributed by atoms with van der Waals surface area (Å²) in [7, 11) is 3.95. The van der Waals surface area contributed by atoms with Gasteiger partial charge in [-0.1, -0.05) is 0 Å². The maximum absolute atomic E-state index is 12.5. The molecule has 1 aliphatic carbocycles. The second-order valence-corrected chi connectivity index (χ2v) is 6.76. The molecule has 0 saturated heterocycles. The number of thiophene rings is 1. The van der Waals surface area contributed by atoms with E-state index in [2.05, 4.69) is 10.6 Å². The number of fused-ring (bicyclic) bond motifs is 1. The maximum atomic E-state index is 12.5. The number of amides is 2. The molecule has 0 aromatic carbocycles. The van der Waals surface area contributed by atoms with Crippen molar-refractivity contribution in [3.63, 3.8) is 0 Å². The molecule has 0 aliphatic heterocycles. The number of nitrogens with zero attached hydrogens (tertiary/aromatic N) is 1. The molecule has 0 spiro atoms. The molecule has 116 valence electrons. The summed E-state index contributed by atoms with van der Waals surface area (Å²) in [4.78, 5) is 27.1. The lowest BCUT2D eigenvalue weighted by Crippen LogP contribution is -2.32. The van der Waals surface area contributed by atoms with Crippen molar-refractivity contribution in [1.82, 2.24) is 10.2 Å². The van der Waals surface area contributed by atoms with Gasteiger partial charge in [0, 0.05) is 24.9 Å². The third kappa shape index (κ3) is 4.04. The summed E-state index contributed by atoms with van der Waals surface area (Å²) in [6.45, 7) is 2.88. The molecule has 1 aromatic heterocycles. The molecule has 2 rings (SSSR count). The summed E-state index contributed by atoms with van der Waals surface area (Å²) >= 11 is 1.56. The highest BCUT2D eigenvalue weighted by molar-refractivity contribution is 7.17. The number of rotatable bonds is 5. The first-order valence-electron chi connectivity index (χ1n) is 7.34. The van der Waals surface area contributed by atoms with E-state index in [9.17, 15) is 9.59 Å². The summed E-state index contributed by atoms with van der Waals surface area (Å²) in [6, 6.07) is 0. The van der Waals surface area contributed by atoms with Gasteiger partial charge in [0.1, 0.15) is 5.00 Å². The molecule has 21 heavy (non-hydrogen) atoms. The van der Waals surface area contributed by atoms with Crippen molar-refractivity contribution in [3.05, 3.63) is 16.0 Å². The number of aryl methyl sites for hydroxylation is 1.